The van der Waals surface area contributed by atoms with Crippen LogP contribution < -0.4 is 15.4 Å². The molecule has 1 N–H and O–H groups in total. The molecule has 3 rings (SSSR count). The maximum atomic E-state index is 3.77. The van der Waals surface area contributed by atoms with Gasteiger partial charge in [0.2, 0.25) is 8.96 Å². The van der Waals surface area contributed by atoms with Gasteiger partial charge in [-0.3, -0.25) is 0 Å². The third-order valence-electron chi connectivity index (χ3n) is 3.44. The summed E-state index contributed by atoms with van der Waals surface area (Å²) in [6.45, 7) is 0.902. The molecule has 0 saturated carbocycles. The molecule has 0 amide bonds. The molecule has 0 aliphatic heterocycles. The van der Waals surface area contributed by atoms with Crippen molar-refractivity contribution in [3.05, 3.63) is 96.6 Å². The fourth-order valence-electron chi connectivity index (χ4n) is 2.37. The van der Waals surface area contributed by atoms with Crippen LogP contribution >= 0.6 is 0 Å². The van der Waals surface area contributed by atoms with Gasteiger partial charge in [0.25, 0.3) is 0 Å². The maximum Gasteiger partial charge on any atom is 0.206 e. The van der Waals surface area contributed by atoms with Crippen LogP contribution in [0.25, 0.3) is 0 Å². The highest BCUT2D eigenvalue weighted by molar-refractivity contribution is 6.83. The van der Waals surface area contributed by atoms with Crippen LogP contribution in [0.5, 0.6) is 0 Å². The first-order valence-electron chi connectivity index (χ1n) is 7.19. The van der Waals surface area contributed by atoms with Crippen molar-refractivity contribution < 1.29 is 0 Å². The highest BCUT2D eigenvalue weighted by Crippen LogP contribution is 1.98. The molecule has 2 heteroatoms. The summed E-state index contributed by atoms with van der Waals surface area (Å²) in [6.07, 6.45) is 0. The number of nitrogens with one attached hydrogen (secondary N) is 1. The second-order valence-corrected chi connectivity index (χ2v) is 7.20. The van der Waals surface area contributed by atoms with Gasteiger partial charge in [-0.15, -0.1) is 0 Å². The Kier molecular flexibility index (Phi) is 4.61. The molecule has 0 saturated heterocycles. The molecular formula is C19H18NSi. The van der Waals surface area contributed by atoms with E-state index in [1.54, 1.807) is 0 Å². The van der Waals surface area contributed by atoms with Crippen molar-refractivity contribution >= 4 is 19.3 Å². The monoisotopic (exact) mass is 288 g/mol. The summed E-state index contributed by atoms with van der Waals surface area (Å²) < 4.78 is 0. The molecule has 0 aromatic heterocycles. The molecule has 3 aromatic carbocycles. The molecule has 1 nitrogen and oxygen atoms in total. The van der Waals surface area contributed by atoms with E-state index in [0.717, 1.165) is 6.54 Å². The average Bonchev–Trinajstić information content (AvgIpc) is 2.58. The largest absolute Gasteiger partial charge is 0.327 e. The lowest BCUT2D eigenvalue weighted by Crippen LogP contribution is -2.53. The fraction of sp³-hybridized carbons (Fsp3) is 0.0526. The van der Waals surface area contributed by atoms with E-state index < -0.39 is 8.96 Å². The Labute approximate surface area is 128 Å². The molecule has 0 spiro atoms. The van der Waals surface area contributed by atoms with Crippen molar-refractivity contribution in [2.75, 3.05) is 0 Å². The minimum Gasteiger partial charge on any atom is -0.327 e. The van der Waals surface area contributed by atoms with E-state index in [0.29, 0.717) is 0 Å². The van der Waals surface area contributed by atoms with Crippen molar-refractivity contribution in [3.8, 4) is 0 Å². The minimum absolute atomic E-state index is 0.902. The van der Waals surface area contributed by atoms with Gasteiger partial charge in [-0.25, -0.2) is 0 Å². The summed E-state index contributed by atoms with van der Waals surface area (Å²) in [7, 11) is -0.947. The zero-order valence-electron chi connectivity index (χ0n) is 11.9. The summed E-state index contributed by atoms with van der Waals surface area (Å²) in [4.78, 5) is 3.77. The van der Waals surface area contributed by atoms with Gasteiger partial charge in [0.05, 0.1) is 0 Å². The van der Waals surface area contributed by atoms with Gasteiger partial charge in [0, 0.05) is 6.54 Å². The van der Waals surface area contributed by atoms with Gasteiger partial charge in [-0.05, 0) is 15.9 Å². The Morgan fingerprint density at radius 2 is 1.00 bits per heavy atom. The van der Waals surface area contributed by atoms with Crippen LogP contribution in [0.3, 0.4) is 0 Å². The Bertz CT molecular complexity index is 613. The van der Waals surface area contributed by atoms with E-state index >= 15 is 0 Å². The maximum absolute atomic E-state index is 3.77. The van der Waals surface area contributed by atoms with Crippen molar-refractivity contribution in [2.45, 2.75) is 6.54 Å². The van der Waals surface area contributed by atoms with Crippen LogP contribution in [0.2, 0.25) is 0 Å². The quantitative estimate of drug-likeness (QED) is 0.712. The van der Waals surface area contributed by atoms with Crippen molar-refractivity contribution in [1.82, 2.24) is 4.98 Å². The molecule has 0 bridgehead atoms. The number of hydrogen-bond acceptors (Lipinski definition) is 1. The third-order valence-corrected chi connectivity index (χ3v) is 5.79. The van der Waals surface area contributed by atoms with Gasteiger partial charge >= 0.3 is 0 Å². The fourth-order valence-corrected chi connectivity index (χ4v) is 4.54. The highest BCUT2D eigenvalue weighted by Gasteiger charge is 2.16. The number of rotatable bonds is 5. The summed E-state index contributed by atoms with van der Waals surface area (Å²) in [5.74, 6) is 0. The summed E-state index contributed by atoms with van der Waals surface area (Å²) >= 11 is 0. The van der Waals surface area contributed by atoms with Crippen LogP contribution in [-0.2, 0) is 6.54 Å². The van der Waals surface area contributed by atoms with E-state index in [1.165, 1.54) is 15.9 Å². The lowest BCUT2D eigenvalue weighted by molar-refractivity contribution is 0.944. The van der Waals surface area contributed by atoms with Crippen LogP contribution in [0, 0.1) is 0 Å². The molecule has 21 heavy (non-hydrogen) atoms. The Morgan fingerprint density at radius 1 is 0.571 bits per heavy atom. The second-order valence-electron chi connectivity index (χ2n) is 4.95. The lowest BCUT2D eigenvalue weighted by Gasteiger charge is -2.17. The molecule has 0 unspecified atom stereocenters. The van der Waals surface area contributed by atoms with Crippen molar-refractivity contribution in [3.63, 3.8) is 0 Å². The summed E-state index contributed by atoms with van der Waals surface area (Å²) in [5, 5.41) is 2.79. The predicted octanol–water partition coefficient (Wildman–Crippen LogP) is 2.58. The van der Waals surface area contributed by atoms with E-state index in [-0.39, 0.29) is 0 Å². The molecule has 0 atom stereocenters. The van der Waals surface area contributed by atoms with Crippen LogP contribution in [0.1, 0.15) is 5.56 Å². The van der Waals surface area contributed by atoms with Gasteiger partial charge in [-0.1, -0.05) is 91.0 Å². The van der Waals surface area contributed by atoms with E-state index in [9.17, 15) is 0 Å². The van der Waals surface area contributed by atoms with Gasteiger partial charge in [-0.2, -0.15) is 0 Å². The summed E-state index contributed by atoms with van der Waals surface area (Å²) in [6, 6.07) is 32.1. The molecule has 1 radical (unpaired) electrons. The lowest BCUT2D eigenvalue weighted by atomic mass is 10.2. The Balaban J connectivity index is 1.83. The topological polar surface area (TPSA) is 12.0 Å². The highest BCUT2D eigenvalue weighted by atomic mass is 28.3. The SMILES string of the molecule is c1ccc(CN[Si](c2ccccc2)c2ccccc2)cc1. The Morgan fingerprint density at radius 3 is 1.48 bits per heavy atom. The van der Waals surface area contributed by atoms with Crippen molar-refractivity contribution in [1.29, 1.82) is 0 Å². The molecule has 0 heterocycles. The second kappa shape index (κ2) is 7.02. The zero-order chi connectivity index (χ0) is 14.3. The zero-order valence-corrected chi connectivity index (χ0v) is 12.9. The van der Waals surface area contributed by atoms with Crippen LogP contribution in [0.4, 0.5) is 0 Å². The smallest absolute Gasteiger partial charge is 0.206 e. The van der Waals surface area contributed by atoms with Crippen LogP contribution in [-0.4, -0.2) is 8.96 Å². The van der Waals surface area contributed by atoms with E-state index in [1.807, 2.05) is 0 Å². The first-order chi connectivity index (χ1) is 10.4. The number of benzene rings is 3. The molecule has 3 aromatic rings. The summed E-state index contributed by atoms with van der Waals surface area (Å²) in [5.41, 5.74) is 1.33. The molecule has 0 aliphatic carbocycles. The van der Waals surface area contributed by atoms with E-state index in [4.69, 9.17) is 0 Å². The minimum atomic E-state index is -0.947. The van der Waals surface area contributed by atoms with Gasteiger partial charge in [0.15, 0.2) is 0 Å². The van der Waals surface area contributed by atoms with Crippen molar-refractivity contribution in [2.24, 2.45) is 0 Å². The third kappa shape index (κ3) is 3.69. The number of hydrogen-bond donors (Lipinski definition) is 1. The Hall–Kier alpha value is -2.16. The van der Waals surface area contributed by atoms with Crippen LogP contribution in [0.15, 0.2) is 91.0 Å². The predicted molar refractivity (Wildman–Crippen MR) is 91.2 cm³/mol. The average molecular weight is 288 g/mol. The van der Waals surface area contributed by atoms with E-state index in [2.05, 4.69) is 96.0 Å². The normalized spacial score (nSPS) is 10.7. The molecular weight excluding hydrogens is 270 g/mol. The molecule has 0 aliphatic rings. The van der Waals surface area contributed by atoms with Gasteiger partial charge < -0.3 is 4.98 Å². The van der Waals surface area contributed by atoms with Gasteiger partial charge in [0.1, 0.15) is 0 Å². The molecule has 103 valence electrons. The molecule has 0 fully saturated rings. The first-order valence-corrected chi connectivity index (χ1v) is 8.69. The standard InChI is InChI=1S/C19H18NSi/c1-4-10-17(11-5-1)16-20-21(18-12-6-2-7-13-18)19-14-8-3-9-15-19/h1-15,20H,16H2. The first kappa shape index (κ1) is 13.8.